The molecule has 1 rings (SSSR count). The third-order valence-corrected chi connectivity index (χ3v) is 3.03. The molecular formula is C14H23N3O. The molecule has 0 aliphatic rings. The summed E-state index contributed by atoms with van der Waals surface area (Å²) in [5, 5.41) is 2.93. The van der Waals surface area contributed by atoms with Gasteiger partial charge in [0.15, 0.2) is 0 Å². The molecule has 0 bridgehead atoms. The van der Waals surface area contributed by atoms with Gasteiger partial charge < -0.3 is 16.0 Å². The van der Waals surface area contributed by atoms with Crippen LogP contribution < -0.4 is 11.1 Å². The maximum Gasteiger partial charge on any atom is 0.251 e. The molecule has 0 fully saturated rings. The van der Waals surface area contributed by atoms with E-state index in [1.165, 1.54) is 0 Å². The van der Waals surface area contributed by atoms with Crippen molar-refractivity contribution in [2.75, 3.05) is 26.2 Å². The first kappa shape index (κ1) is 14.7. The van der Waals surface area contributed by atoms with E-state index in [0.717, 1.165) is 25.2 Å². The number of nitrogens with two attached hydrogens (primary N) is 1. The fourth-order valence-corrected chi connectivity index (χ4v) is 1.81. The summed E-state index contributed by atoms with van der Waals surface area (Å²) in [5.74, 6) is -0.0301. The van der Waals surface area contributed by atoms with Crippen LogP contribution >= 0.6 is 0 Å². The number of carbonyl (C=O) groups is 1. The van der Waals surface area contributed by atoms with Crippen LogP contribution in [0.15, 0.2) is 24.3 Å². The van der Waals surface area contributed by atoms with Crippen LogP contribution in [0.1, 0.15) is 29.8 Å². The van der Waals surface area contributed by atoms with Crippen LogP contribution in [0.4, 0.5) is 0 Å². The Bertz CT molecular complexity index is 375. The Balaban J connectivity index is 2.45. The number of hydrogen-bond acceptors (Lipinski definition) is 3. The molecule has 1 aromatic carbocycles. The van der Waals surface area contributed by atoms with Crippen LogP contribution in [0.2, 0.25) is 0 Å². The summed E-state index contributed by atoms with van der Waals surface area (Å²) in [5.41, 5.74) is 7.21. The second-order valence-corrected chi connectivity index (χ2v) is 4.19. The van der Waals surface area contributed by atoms with E-state index in [-0.39, 0.29) is 5.91 Å². The fraction of sp³-hybridized carbons (Fsp3) is 0.500. The Morgan fingerprint density at radius 3 is 2.67 bits per heavy atom. The van der Waals surface area contributed by atoms with Gasteiger partial charge in [0, 0.05) is 25.2 Å². The quantitative estimate of drug-likeness (QED) is 0.764. The molecule has 0 unspecified atom stereocenters. The number of nitrogens with one attached hydrogen (secondary N) is 1. The second-order valence-electron chi connectivity index (χ2n) is 4.19. The highest BCUT2D eigenvalue weighted by Gasteiger charge is 2.06. The largest absolute Gasteiger partial charge is 0.351 e. The van der Waals surface area contributed by atoms with Crippen molar-refractivity contribution in [3.63, 3.8) is 0 Å². The minimum atomic E-state index is -0.0301. The van der Waals surface area contributed by atoms with Crippen LogP contribution in [-0.2, 0) is 6.54 Å². The van der Waals surface area contributed by atoms with Crippen LogP contribution in [0.3, 0.4) is 0 Å². The Labute approximate surface area is 109 Å². The van der Waals surface area contributed by atoms with Crippen molar-refractivity contribution in [2.24, 2.45) is 5.73 Å². The van der Waals surface area contributed by atoms with E-state index in [9.17, 15) is 4.79 Å². The van der Waals surface area contributed by atoms with Gasteiger partial charge in [0.05, 0.1) is 0 Å². The lowest BCUT2D eigenvalue weighted by molar-refractivity contribution is 0.0949. The number of likely N-dealkylation sites (N-methyl/N-ethyl adjacent to an activating group) is 1. The number of carbonyl (C=O) groups excluding carboxylic acids is 1. The van der Waals surface area contributed by atoms with E-state index in [2.05, 4.69) is 24.1 Å². The third kappa shape index (κ3) is 4.47. The van der Waals surface area contributed by atoms with Crippen molar-refractivity contribution >= 4 is 5.91 Å². The summed E-state index contributed by atoms with van der Waals surface area (Å²) in [6, 6.07) is 7.44. The highest BCUT2D eigenvalue weighted by molar-refractivity contribution is 5.94. The van der Waals surface area contributed by atoms with Crippen LogP contribution in [0.25, 0.3) is 0 Å². The molecule has 0 radical (unpaired) electrons. The number of amides is 1. The lowest BCUT2D eigenvalue weighted by atomic mass is 10.1. The Morgan fingerprint density at radius 1 is 1.33 bits per heavy atom. The second kappa shape index (κ2) is 7.84. The highest BCUT2D eigenvalue weighted by Crippen LogP contribution is 2.04. The lowest BCUT2D eigenvalue weighted by Gasteiger charge is -2.18. The lowest BCUT2D eigenvalue weighted by Crippen LogP contribution is -2.34. The van der Waals surface area contributed by atoms with E-state index in [4.69, 9.17) is 5.73 Å². The average molecular weight is 249 g/mol. The van der Waals surface area contributed by atoms with E-state index in [0.29, 0.717) is 18.7 Å². The summed E-state index contributed by atoms with van der Waals surface area (Å²) >= 11 is 0. The predicted octanol–water partition coefficient (Wildman–Crippen LogP) is 1.22. The number of hydrogen-bond donors (Lipinski definition) is 2. The predicted molar refractivity (Wildman–Crippen MR) is 74.5 cm³/mol. The van der Waals surface area contributed by atoms with Crippen molar-refractivity contribution < 1.29 is 4.79 Å². The summed E-state index contributed by atoms with van der Waals surface area (Å²) in [6.07, 6.45) is 0. The van der Waals surface area contributed by atoms with Crippen LogP contribution in [0, 0.1) is 0 Å². The topological polar surface area (TPSA) is 58.4 Å². The first-order valence-corrected chi connectivity index (χ1v) is 6.50. The number of benzene rings is 1. The first-order valence-electron chi connectivity index (χ1n) is 6.50. The van der Waals surface area contributed by atoms with Gasteiger partial charge in [-0.05, 0) is 30.8 Å². The van der Waals surface area contributed by atoms with Gasteiger partial charge in [0.2, 0.25) is 0 Å². The van der Waals surface area contributed by atoms with Crippen molar-refractivity contribution in [3.8, 4) is 0 Å². The van der Waals surface area contributed by atoms with Gasteiger partial charge in [-0.15, -0.1) is 0 Å². The normalized spacial score (nSPS) is 10.7. The third-order valence-electron chi connectivity index (χ3n) is 3.03. The molecule has 0 heterocycles. The maximum absolute atomic E-state index is 11.9. The van der Waals surface area contributed by atoms with Gasteiger partial charge in [0.25, 0.3) is 5.91 Å². The fourth-order valence-electron chi connectivity index (χ4n) is 1.81. The molecule has 4 heteroatoms. The van der Waals surface area contributed by atoms with Gasteiger partial charge in [-0.25, -0.2) is 0 Å². The SMILES string of the molecule is CCN(CC)CCNC(=O)c1cccc(CN)c1. The zero-order valence-electron chi connectivity index (χ0n) is 11.3. The molecule has 1 amide bonds. The molecule has 4 nitrogen and oxygen atoms in total. The monoisotopic (exact) mass is 249 g/mol. The molecular weight excluding hydrogens is 226 g/mol. The summed E-state index contributed by atoms with van der Waals surface area (Å²) in [6.45, 7) is 8.28. The zero-order valence-corrected chi connectivity index (χ0v) is 11.3. The summed E-state index contributed by atoms with van der Waals surface area (Å²) in [7, 11) is 0. The summed E-state index contributed by atoms with van der Waals surface area (Å²) < 4.78 is 0. The van der Waals surface area contributed by atoms with Crippen molar-refractivity contribution in [2.45, 2.75) is 20.4 Å². The van der Waals surface area contributed by atoms with Gasteiger partial charge in [-0.3, -0.25) is 4.79 Å². The molecule has 18 heavy (non-hydrogen) atoms. The van der Waals surface area contributed by atoms with E-state index < -0.39 is 0 Å². The number of rotatable bonds is 7. The van der Waals surface area contributed by atoms with E-state index in [1.54, 1.807) is 0 Å². The maximum atomic E-state index is 11.9. The Hall–Kier alpha value is -1.39. The van der Waals surface area contributed by atoms with Crippen LogP contribution in [0.5, 0.6) is 0 Å². The van der Waals surface area contributed by atoms with Gasteiger partial charge in [-0.2, -0.15) is 0 Å². The molecule has 0 saturated carbocycles. The zero-order chi connectivity index (χ0) is 13.4. The van der Waals surface area contributed by atoms with Crippen LogP contribution in [-0.4, -0.2) is 37.0 Å². The average Bonchev–Trinajstić information content (AvgIpc) is 2.43. The molecule has 0 atom stereocenters. The molecule has 100 valence electrons. The van der Waals surface area contributed by atoms with Gasteiger partial charge in [-0.1, -0.05) is 26.0 Å². The molecule has 0 aliphatic carbocycles. The molecule has 0 spiro atoms. The first-order chi connectivity index (χ1) is 8.71. The molecule has 1 aromatic rings. The van der Waals surface area contributed by atoms with E-state index in [1.807, 2.05) is 24.3 Å². The molecule has 0 aromatic heterocycles. The minimum absolute atomic E-state index is 0.0301. The van der Waals surface area contributed by atoms with Crippen molar-refractivity contribution in [1.29, 1.82) is 0 Å². The molecule has 0 saturated heterocycles. The van der Waals surface area contributed by atoms with E-state index >= 15 is 0 Å². The Kier molecular flexibility index (Phi) is 6.39. The standard InChI is InChI=1S/C14H23N3O/c1-3-17(4-2)9-8-16-14(18)13-7-5-6-12(10-13)11-15/h5-7,10H,3-4,8-9,11,15H2,1-2H3,(H,16,18). The van der Waals surface area contributed by atoms with Gasteiger partial charge >= 0.3 is 0 Å². The molecule has 0 aliphatic heterocycles. The van der Waals surface area contributed by atoms with Crippen molar-refractivity contribution in [3.05, 3.63) is 35.4 Å². The van der Waals surface area contributed by atoms with Crippen molar-refractivity contribution in [1.82, 2.24) is 10.2 Å². The highest BCUT2D eigenvalue weighted by atomic mass is 16.1. The smallest absolute Gasteiger partial charge is 0.251 e. The number of nitrogens with zero attached hydrogens (tertiary/aromatic N) is 1. The summed E-state index contributed by atoms with van der Waals surface area (Å²) in [4.78, 5) is 14.2. The molecule has 3 N–H and O–H groups in total. The van der Waals surface area contributed by atoms with Gasteiger partial charge in [0.1, 0.15) is 0 Å². The Morgan fingerprint density at radius 2 is 2.06 bits per heavy atom. The minimum Gasteiger partial charge on any atom is -0.351 e.